The Hall–Kier alpha value is -2.62. The summed E-state index contributed by atoms with van der Waals surface area (Å²) in [5, 5.41) is 3.08. The molecule has 1 heterocycles. The Bertz CT molecular complexity index is 874. The predicted octanol–water partition coefficient (Wildman–Crippen LogP) is 5.03. The molecule has 1 N–H and O–H groups in total. The fourth-order valence-electron chi connectivity index (χ4n) is 5.10. The first-order chi connectivity index (χ1) is 14.6. The van der Waals surface area contributed by atoms with Crippen LogP contribution in [0.25, 0.3) is 0 Å². The minimum atomic E-state index is -0.508. The molecule has 0 bridgehead atoms. The highest BCUT2D eigenvalue weighted by molar-refractivity contribution is 6.00. The van der Waals surface area contributed by atoms with Gasteiger partial charge in [-0.15, -0.1) is 0 Å². The quantitative estimate of drug-likeness (QED) is 0.760. The third kappa shape index (κ3) is 4.58. The van der Waals surface area contributed by atoms with Gasteiger partial charge in [0.2, 0.25) is 11.8 Å². The Morgan fingerprint density at radius 1 is 1.00 bits per heavy atom. The number of benzene rings is 2. The number of carbonyl (C=O) groups excluding carboxylic acids is 2. The van der Waals surface area contributed by atoms with Crippen molar-refractivity contribution in [3.8, 4) is 0 Å². The van der Waals surface area contributed by atoms with E-state index in [0.717, 1.165) is 17.7 Å². The van der Waals surface area contributed by atoms with Crippen molar-refractivity contribution in [3.05, 3.63) is 65.7 Å². The van der Waals surface area contributed by atoms with E-state index in [1.165, 1.54) is 37.7 Å². The highest BCUT2D eigenvalue weighted by atomic mass is 16.2. The van der Waals surface area contributed by atoms with Crippen LogP contribution in [-0.4, -0.2) is 24.9 Å². The van der Waals surface area contributed by atoms with Crippen LogP contribution in [0.15, 0.2) is 54.6 Å². The lowest BCUT2D eigenvalue weighted by Gasteiger charge is -2.24. The summed E-state index contributed by atoms with van der Waals surface area (Å²) in [6.07, 6.45) is 8.41. The van der Waals surface area contributed by atoms with Crippen LogP contribution in [0.4, 0.5) is 5.69 Å². The second-order valence-electron chi connectivity index (χ2n) is 8.82. The number of rotatable bonds is 5. The Balaban J connectivity index is 1.52. The van der Waals surface area contributed by atoms with Gasteiger partial charge < -0.3 is 10.2 Å². The van der Waals surface area contributed by atoms with E-state index in [2.05, 4.69) is 23.5 Å². The van der Waals surface area contributed by atoms with Crippen molar-refractivity contribution in [1.82, 2.24) is 5.32 Å². The number of likely N-dealkylation sites (N-methyl/N-ethyl adjacent to an activating group) is 1. The molecule has 2 aromatic carbocycles. The van der Waals surface area contributed by atoms with Crippen molar-refractivity contribution in [2.24, 2.45) is 5.92 Å². The molecule has 158 valence electrons. The average molecular weight is 405 g/mol. The van der Waals surface area contributed by atoms with Gasteiger partial charge in [0.15, 0.2) is 0 Å². The number of nitrogens with one attached hydrogen (secondary N) is 1. The number of anilines is 1. The van der Waals surface area contributed by atoms with E-state index in [1.54, 1.807) is 4.90 Å². The SMILES string of the molecule is CN1C(=O)[C@@H](NC(=O)CCC2CCCCC2)C[C@@H](c2ccccc2)c2ccccc21. The Kier molecular flexibility index (Phi) is 6.51. The van der Waals surface area contributed by atoms with Gasteiger partial charge in [0.1, 0.15) is 6.04 Å². The molecule has 2 aliphatic rings. The highest BCUT2D eigenvalue weighted by Gasteiger charge is 2.34. The molecular formula is C26H32N2O2. The molecule has 4 nitrogen and oxygen atoms in total. The van der Waals surface area contributed by atoms with Gasteiger partial charge in [-0.05, 0) is 36.0 Å². The maximum Gasteiger partial charge on any atom is 0.249 e. The van der Waals surface area contributed by atoms with Gasteiger partial charge in [-0.1, -0.05) is 80.6 Å². The lowest BCUT2D eigenvalue weighted by atomic mass is 9.85. The van der Waals surface area contributed by atoms with Crippen LogP contribution < -0.4 is 10.2 Å². The lowest BCUT2D eigenvalue weighted by Crippen LogP contribution is -2.47. The molecule has 4 heteroatoms. The molecule has 1 fully saturated rings. The monoisotopic (exact) mass is 404 g/mol. The minimum Gasteiger partial charge on any atom is -0.344 e. The van der Waals surface area contributed by atoms with Crippen molar-refractivity contribution >= 4 is 17.5 Å². The van der Waals surface area contributed by atoms with Crippen molar-refractivity contribution in [2.45, 2.75) is 63.3 Å². The molecule has 1 aliphatic heterocycles. The molecule has 0 aromatic heterocycles. The summed E-state index contributed by atoms with van der Waals surface area (Å²) in [5.41, 5.74) is 3.24. The summed E-state index contributed by atoms with van der Waals surface area (Å²) in [6.45, 7) is 0. The topological polar surface area (TPSA) is 49.4 Å². The smallest absolute Gasteiger partial charge is 0.249 e. The predicted molar refractivity (Wildman–Crippen MR) is 120 cm³/mol. The minimum absolute atomic E-state index is 0.00471. The first kappa shape index (κ1) is 20.6. The van der Waals surface area contributed by atoms with E-state index in [9.17, 15) is 9.59 Å². The number of hydrogen-bond donors (Lipinski definition) is 1. The fraction of sp³-hybridized carbons (Fsp3) is 0.462. The molecule has 0 radical (unpaired) electrons. The summed E-state index contributed by atoms with van der Waals surface area (Å²) in [5.74, 6) is 0.704. The number of hydrogen-bond acceptors (Lipinski definition) is 2. The van der Waals surface area contributed by atoms with Crippen LogP contribution in [-0.2, 0) is 9.59 Å². The van der Waals surface area contributed by atoms with Crippen molar-refractivity contribution in [3.63, 3.8) is 0 Å². The standard InChI is InChI=1S/C26H32N2O2/c1-28-24-15-9-8-14-21(24)22(20-12-6-3-7-13-20)18-23(26(28)30)27-25(29)17-16-19-10-4-2-5-11-19/h3,6-9,12-15,19,22-23H,2,4-5,10-11,16-18H2,1H3,(H,27,29)/t22-,23-/m0/s1. The van der Waals surface area contributed by atoms with Gasteiger partial charge in [0.25, 0.3) is 0 Å². The summed E-state index contributed by atoms with van der Waals surface area (Å²) >= 11 is 0. The van der Waals surface area contributed by atoms with Crippen molar-refractivity contribution < 1.29 is 9.59 Å². The number of para-hydroxylation sites is 1. The van der Waals surface area contributed by atoms with E-state index >= 15 is 0 Å². The zero-order valence-electron chi connectivity index (χ0n) is 17.8. The van der Waals surface area contributed by atoms with E-state index in [4.69, 9.17) is 0 Å². The molecule has 1 aliphatic carbocycles. The maximum absolute atomic E-state index is 13.2. The summed E-state index contributed by atoms with van der Waals surface area (Å²) in [7, 11) is 1.82. The van der Waals surface area contributed by atoms with Crippen LogP contribution >= 0.6 is 0 Å². The van der Waals surface area contributed by atoms with E-state index in [-0.39, 0.29) is 17.7 Å². The molecule has 2 aromatic rings. The molecule has 2 atom stereocenters. The zero-order chi connectivity index (χ0) is 20.9. The first-order valence-corrected chi connectivity index (χ1v) is 11.3. The van der Waals surface area contributed by atoms with Crippen LogP contribution in [0.3, 0.4) is 0 Å². The third-order valence-electron chi connectivity index (χ3n) is 6.82. The maximum atomic E-state index is 13.2. The molecule has 0 unspecified atom stereocenters. The molecule has 0 spiro atoms. The highest BCUT2D eigenvalue weighted by Crippen LogP contribution is 2.38. The fourth-order valence-corrected chi connectivity index (χ4v) is 5.10. The number of nitrogens with zero attached hydrogens (tertiary/aromatic N) is 1. The summed E-state index contributed by atoms with van der Waals surface area (Å²) in [6, 6.07) is 17.9. The Morgan fingerprint density at radius 2 is 1.70 bits per heavy atom. The van der Waals surface area contributed by atoms with E-state index in [0.29, 0.717) is 18.8 Å². The number of fused-ring (bicyclic) bond motifs is 1. The van der Waals surface area contributed by atoms with Gasteiger partial charge in [0, 0.05) is 25.1 Å². The Labute approximate surface area is 179 Å². The van der Waals surface area contributed by atoms with Gasteiger partial charge in [-0.25, -0.2) is 0 Å². The molecule has 1 saturated carbocycles. The van der Waals surface area contributed by atoms with Gasteiger partial charge in [-0.2, -0.15) is 0 Å². The lowest BCUT2D eigenvalue weighted by molar-refractivity contribution is -0.127. The second kappa shape index (κ2) is 9.46. The van der Waals surface area contributed by atoms with Gasteiger partial charge >= 0.3 is 0 Å². The normalized spacial score (nSPS) is 22.3. The molecule has 2 amide bonds. The van der Waals surface area contributed by atoms with E-state index in [1.807, 2.05) is 43.4 Å². The van der Waals surface area contributed by atoms with Gasteiger partial charge in [-0.3, -0.25) is 9.59 Å². The largest absolute Gasteiger partial charge is 0.344 e. The summed E-state index contributed by atoms with van der Waals surface area (Å²) < 4.78 is 0. The second-order valence-corrected chi connectivity index (χ2v) is 8.82. The Morgan fingerprint density at radius 3 is 2.47 bits per heavy atom. The summed E-state index contributed by atoms with van der Waals surface area (Å²) in [4.78, 5) is 27.7. The van der Waals surface area contributed by atoms with Crippen molar-refractivity contribution in [1.29, 1.82) is 0 Å². The zero-order valence-corrected chi connectivity index (χ0v) is 17.8. The van der Waals surface area contributed by atoms with Crippen LogP contribution in [0.2, 0.25) is 0 Å². The van der Waals surface area contributed by atoms with E-state index < -0.39 is 6.04 Å². The molecule has 30 heavy (non-hydrogen) atoms. The average Bonchev–Trinajstić information content (AvgIpc) is 2.90. The molecular weight excluding hydrogens is 372 g/mol. The van der Waals surface area contributed by atoms with Crippen LogP contribution in [0.5, 0.6) is 0 Å². The van der Waals surface area contributed by atoms with Crippen LogP contribution in [0.1, 0.15) is 68.4 Å². The van der Waals surface area contributed by atoms with Crippen LogP contribution in [0, 0.1) is 5.92 Å². The van der Waals surface area contributed by atoms with Gasteiger partial charge in [0.05, 0.1) is 0 Å². The third-order valence-corrected chi connectivity index (χ3v) is 6.82. The number of amides is 2. The van der Waals surface area contributed by atoms with Crippen molar-refractivity contribution in [2.75, 3.05) is 11.9 Å². The number of carbonyl (C=O) groups is 2. The molecule has 4 rings (SSSR count). The first-order valence-electron chi connectivity index (χ1n) is 11.3. The molecule has 0 saturated heterocycles.